The maximum atomic E-state index is 12.4. The summed E-state index contributed by atoms with van der Waals surface area (Å²) >= 11 is 0. The van der Waals surface area contributed by atoms with E-state index in [2.05, 4.69) is 5.32 Å². The van der Waals surface area contributed by atoms with Crippen LogP contribution in [0.4, 0.5) is 4.79 Å². The molecule has 0 heterocycles. The van der Waals surface area contributed by atoms with E-state index < -0.39 is 40.5 Å². The number of rotatable bonds is 9. The summed E-state index contributed by atoms with van der Waals surface area (Å²) in [4.78, 5) is 36.2. The molecule has 3 N–H and O–H groups in total. The molecule has 0 spiro atoms. The van der Waals surface area contributed by atoms with E-state index in [1.807, 2.05) is 53.3 Å². The summed E-state index contributed by atoms with van der Waals surface area (Å²) in [5, 5.41) is 11.7. The van der Waals surface area contributed by atoms with Gasteiger partial charge in [0.15, 0.2) is 0 Å². The van der Waals surface area contributed by atoms with E-state index in [9.17, 15) is 27.9 Å². The average Bonchev–Trinajstić information content (AvgIpc) is 3.19. The predicted molar refractivity (Wildman–Crippen MR) is 135 cm³/mol. The second-order valence-electron chi connectivity index (χ2n) is 8.74. The van der Waals surface area contributed by atoms with Gasteiger partial charge in [-0.15, -0.1) is 0 Å². The maximum Gasteiger partial charge on any atom is 0.407 e. The molecule has 4 rings (SSSR count). The van der Waals surface area contributed by atoms with E-state index in [1.165, 1.54) is 12.1 Å². The Hall–Kier alpha value is -4.18. The Kier molecular flexibility index (Phi) is 7.58. The highest BCUT2D eigenvalue weighted by molar-refractivity contribution is 7.90. The predicted octanol–water partition coefficient (Wildman–Crippen LogP) is 3.57. The third-order valence-electron chi connectivity index (χ3n) is 6.17. The highest BCUT2D eigenvalue weighted by atomic mass is 32.2. The fraction of sp³-hybridized carbons (Fsp3) is 0.222. The largest absolute Gasteiger partial charge is 0.480 e. The molecule has 3 aromatic carbocycles. The van der Waals surface area contributed by atoms with Crippen molar-refractivity contribution in [1.82, 2.24) is 10.0 Å². The van der Waals surface area contributed by atoms with E-state index >= 15 is 0 Å². The molecular formula is C27H26N2O7S. The maximum absolute atomic E-state index is 12.4. The quantitative estimate of drug-likeness (QED) is 0.390. The highest BCUT2D eigenvalue weighted by Gasteiger charge is 2.30. The minimum atomic E-state index is -4.09. The molecule has 1 aliphatic rings. The number of sulfonamides is 1. The molecule has 192 valence electrons. The van der Waals surface area contributed by atoms with Crippen LogP contribution in [0.1, 0.15) is 35.4 Å². The van der Waals surface area contributed by atoms with Crippen molar-refractivity contribution in [3.63, 3.8) is 0 Å². The average molecular weight is 523 g/mol. The lowest BCUT2D eigenvalue weighted by Gasteiger charge is -2.17. The second kappa shape index (κ2) is 10.8. The van der Waals surface area contributed by atoms with Gasteiger partial charge in [0.05, 0.1) is 4.90 Å². The molecule has 3 aromatic rings. The molecule has 0 saturated heterocycles. The number of carboxylic acid groups (broad SMARTS) is 1. The molecule has 9 nitrogen and oxygen atoms in total. The summed E-state index contributed by atoms with van der Waals surface area (Å²) in [6.07, 6.45) is -1.71. The summed E-state index contributed by atoms with van der Waals surface area (Å²) in [5.74, 6) is -2.46. The molecule has 37 heavy (non-hydrogen) atoms. The van der Waals surface area contributed by atoms with Gasteiger partial charge < -0.3 is 15.2 Å². The van der Waals surface area contributed by atoms with Crippen LogP contribution in [-0.4, -0.2) is 44.1 Å². The Morgan fingerprint density at radius 3 is 2.05 bits per heavy atom. The lowest BCUT2D eigenvalue weighted by atomic mass is 9.98. The fourth-order valence-electron chi connectivity index (χ4n) is 4.29. The van der Waals surface area contributed by atoms with Gasteiger partial charge in [-0.2, -0.15) is 0 Å². The number of amides is 2. The van der Waals surface area contributed by atoms with Crippen molar-refractivity contribution in [2.24, 2.45) is 0 Å². The SMILES string of the molecule is Cc1ccc(S(=O)(=O)NC(=O)CCC(NC(=O)OCC2c3ccccc3-c3ccccc32)C(=O)O)cc1. The standard InChI is InChI=1S/C27H26N2O7S/c1-17-10-12-18(13-11-17)37(34,35)29-25(30)15-14-24(26(31)32)28-27(33)36-16-23-21-8-4-2-6-19(21)20-7-3-5-9-22(20)23/h2-13,23-24H,14-16H2,1H3,(H,28,33)(H,29,30)(H,31,32). The van der Waals surface area contributed by atoms with Crippen LogP contribution in [-0.2, 0) is 24.3 Å². The summed E-state index contributed by atoms with van der Waals surface area (Å²) in [7, 11) is -4.09. The van der Waals surface area contributed by atoms with Crippen LogP contribution >= 0.6 is 0 Å². The number of benzene rings is 3. The highest BCUT2D eigenvalue weighted by Crippen LogP contribution is 2.44. The summed E-state index contributed by atoms with van der Waals surface area (Å²) in [6, 6.07) is 20.1. The smallest absolute Gasteiger partial charge is 0.407 e. The zero-order valence-corrected chi connectivity index (χ0v) is 20.8. The third-order valence-corrected chi connectivity index (χ3v) is 7.56. The van der Waals surface area contributed by atoms with Gasteiger partial charge in [-0.05, 0) is 47.7 Å². The van der Waals surface area contributed by atoms with Crippen LogP contribution in [0.2, 0.25) is 0 Å². The molecule has 0 bridgehead atoms. The number of hydrogen-bond acceptors (Lipinski definition) is 6. The molecule has 10 heteroatoms. The van der Waals surface area contributed by atoms with Gasteiger partial charge in [0.25, 0.3) is 10.0 Å². The number of ether oxygens (including phenoxy) is 1. The van der Waals surface area contributed by atoms with E-state index in [4.69, 9.17) is 4.74 Å². The first-order valence-corrected chi connectivity index (χ1v) is 13.1. The number of carbonyl (C=O) groups excluding carboxylic acids is 2. The Morgan fingerprint density at radius 2 is 1.49 bits per heavy atom. The van der Waals surface area contributed by atoms with Crippen molar-refractivity contribution < 1.29 is 32.6 Å². The Labute approximate surface area is 214 Å². The normalized spacial score (nSPS) is 13.2. The zero-order chi connectivity index (χ0) is 26.6. The number of carboxylic acids is 1. The zero-order valence-electron chi connectivity index (χ0n) is 20.0. The van der Waals surface area contributed by atoms with Crippen molar-refractivity contribution in [2.45, 2.75) is 36.6 Å². The van der Waals surface area contributed by atoms with Crippen molar-refractivity contribution in [1.29, 1.82) is 0 Å². The molecule has 2 amide bonds. The number of alkyl carbamates (subject to hydrolysis) is 1. The molecule has 1 aliphatic carbocycles. The summed E-state index contributed by atoms with van der Waals surface area (Å²) in [6.45, 7) is 1.80. The van der Waals surface area contributed by atoms with E-state index in [0.29, 0.717) is 0 Å². The Balaban J connectivity index is 1.32. The summed E-state index contributed by atoms with van der Waals surface area (Å²) < 4.78 is 32.0. The first-order valence-electron chi connectivity index (χ1n) is 11.6. The van der Waals surface area contributed by atoms with Crippen LogP contribution in [0.5, 0.6) is 0 Å². The van der Waals surface area contributed by atoms with Crippen LogP contribution in [0.25, 0.3) is 11.1 Å². The number of aliphatic carboxylic acids is 1. The molecular weight excluding hydrogens is 496 g/mol. The first-order chi connectivity index (χ1) is 17.7. The molecule has 0 aromatic heterocycles. The molecule has 0 aliphatic heterocycles. The fourth-order valence-corrected chi connectivity index (χ4v) is 5.31. The van der Waals surface area contributed by atoms with Crippen molar-refractivity contribution in [2.75, 3.05) is 6.61 Å². The number of carbonyl (C=O) groups is 3. The first kappa shape index (κ1) is 25.9. The minimum Gasteiger partial charge on any atom is -0.480 e. The number of hydrogen-bond donors (Lipinski definition) is 3. The number of fused-ring (bicyclic) bond motifs is 3. The molecule has 0 saturated carbocycles. The molecule has 1 atom stereocenters. The Bertz CT molecular complexity index is 1390. The second-order valence-corrected chi connectivity index (χ2v) is 10.4. The topological polar surface area (TPSA) is 139 Å². The third kappa shape index (κ3) is 5.97. The summed E-state index contributed by atoms with van der Waals surface area (Å²) in [5.41, 5.74) is 4.99. The van der Waals surface area contributed by atoms with Gasteiger partial charge in [-0.3, -0.25) is 4.79 Å². The van der Waals surface area contributed by atoms with Gasteiger partial charge in [0.1, 0.15) is 12.6 Å². The van der Waals surface area contributed by atoms with E-state index in [-0.39, 0.29) is 23.8 Å². The monoisotopic (exact) mass is 522 g/mol. The van der Waals surface area contributed by atoms with Gasteiger partial charge in [0.2, 0.25) is 5.91 Å². The minimum absolute atomic E-state index is 0.00147. The Morgan fingerprint density at radius 1 is 0.919 bits per heavy atom. The number of nitrogens with one attached hydrogen (secondary N) is 2. The van der Waals surface area contributed by atoms with Crippen molar-refractivity contribution in [3.05, 3.63) is 89.5 Å². The van der Waals surface area contributed by atoms with Crippen molar-refractivity contribution >= 4 is 28.0 Å². The van der Waals surface area contributed by atoms with Gasteiger partial charge in [-0.25, -0.2) is 22.7 Å². The number of aryl methyl sites for hydroxylation is 1. The van der Waals surface area contributed by atoms with Gasteiger partial charge in [-0.1, -0.05) is 66.2 Å². The molecule has 0 fully saturated rings. The van der Waals surface area contributed by atoms with E-state index in [1.54, 1.807) is 19.1 Å². The molecule has 0 radical (unpaired) electrons. The molecule has 1 unspecified atom stereocenters. The van der Waals surface area contributed by atoms with Crippen LogP contribution in [0.15, 0.2) is 77.7 Å². The van der Waals surface area contributed by atoms with Crippen molar-refractivity contribution in [3.8, 4) is 11.1 Å². The lowest BCUT2D eigenvalue weighted by molar-refractivity contribution is -0.139. The lowest BCUT2D eigenvalue weighted by Crippen LogP contribution is -2.42. The van der Waals surface area contributed by atoms with Crippen LogP contribution < -0.4 is 10.0 Å². The van der Waals surface area contributed by atoms with Crippen LogP contribution in [0, 0.1) is 6.92 Å². The van der Waals surface area contributed by atoms with Gasteiger partial charge in [0, 0.05) is 12.3 Å². The van der Waals surface area contributed by atoms with Gasteiger partial charge >= 0.3 is 12.1 Å². The van der Waals surface area contributed by atoms with E-state index in [0.717, 1.165) is 27.8 Å². The van der Waals surface area contributed by atoms with Crippen LogP contribution in [0.3, 0.4) is 0 Å².